The standard InChI is InChI=1S/C16H12O5/c1-19-16-14(12-5-3-2-4-10(12)7-17)11(8-18)6-13-15(16)21-9-20-13/h2-8H,9H2,1H3. The van der Waals surface area contributed by atoms with Gasteiger partial charge in [0, 0.05) is 16.7 Å². The zero-order valence-corrected chi connectivity index (χ0v) is 11.3. The molecule has 0 bridgehead atoms. The molecule has 3 rings (SSSR count). The van der Waals surface area contributed by atoms with Crippen LogP contribution in [0.5, 0.6) is 17.2 Å². The molecule has 0 aliphatic carbocycles. The Morgan fingerprint density at radius 2 is 1.86 bits per heavy atom. The lowest BCUT2D eigenvalue weighted by atomic mass is 9.94. The highest BCUT2D eigenvalue weighted by molar-refractivity contribution is 5.98. The van der Waals surface area contributed by atoms with Gasteiger partial charge in [0.2, 0.25) is 12.5 Å². The Balaban J connectivity index is 2.36. The third-order valence-corrected chi connectivity index (χ3v) is 3.34. The summed E-state index contributed by atoms with van der Waals surface area (Å²) in [6, 6.07) is 8.58. The number of hydrogen-bond donors (Lipinski definition) is 0. The fourth-order valence-electron chi connectivity index (χ4n) is 2.42. The Morgan fingerprint density at radius 3 is 2.57 bits per heavy atom. The highest BCUT2D eigenvalue weighted by Crippen LogP contribution is 2.49. The summed E-state index contributed by atoms with van der Waals surface area (Å²) in [5, 5.41) is 0. The number of hydrogen-bond acceptors (Lipinski definition) is 5. The maximum Gasteiger partial charge on any atom is 0.231 e. The van der Waals surface area contributed by atoms with E-state index >= 15 is 0 Å². The van der Waals surface area contributed by atoms with Gasteiger partial charge < -0.3 is 14.2 Å². The summed E-state index contributed by atoms with van der Waals surface area (Å²) in [6.45, 7) is 0.0722. The molecule has 0 unspecified atom stereocenters. The third kappa shape index (κ3) is 2.03. The number of methoxy groups -OCH3 is 1. The number of carbonyl (C=O) groups is 2. The van der Waals surface area contributed by atoms with Crippen LogP contribution in [0.25, 0.3) is 11.1 Å². The highest BCUT2D eigenvalue weighted by atomic mass is 16.7. The van der Waals surface area contributed by atoms with Crippen molar-refractivity contribution in [3.05, 3.63) is 41.5 Å². The van der Waals surface area contributed by atoms with E-state index in [1.165, 1.54) is 7.11 Å². The van der Waals surface area contributed by atoms with Gasteiger partial charge in [-0.2, -0.15) is 0 Å². The first kappa shape index (κ1) is 13.2. The Morgan fingerprint density at radius 1 is 1.10 bits per heavy atom. The topological polar surface area (TPSA) is 61.8 Å². The first-order valence-corrected chi connectivity index (χ1v) is 6.30. The summed E-state index contributed by atoms with van der Waals surface area (Å²) < 4.78 is 16.1. The van der Waals surface area contributed by atoms with Crippen molar-refractivity contribution in [3.63, 3.8) is 0 Å². The Bertz CT molecular complexity index is 721. The third-order valence-electron chi connectivity index (χ3n) is 3.34. The predicted molar refractivity (Wildman–Crippen MR) is 75.3 cm³/mol. The summed E-state index contributed by atoms with van der Waals surface area (Å²) in [5.41, 5.74) is 1.99. The lowest BCUT2D eigenvalue weighted by Gasteiger charge is -2.15. The largest absolute Gasteiger partial charge is 0.492 e. The summed E-state index contributed by atoms with van der Waals surface area (Å²) in [5.74, 6) is 1.29. The van der Waals surface area contributed by atoms with Crippen LogP contribution >= 0.6 is 0 Å². The molecule has 0 fully saturated rings. The smallest absolute Gasteiger partial charge is 0.231 e. The van der Waals surface area contributed by atoms with Gasteiger partial charge in [-0.25, -0.2) is 0 Å². The van der Waals surface area contributed by atoms with Gasteiger partial charge in [-0.05, 0) is 11.6 Å². The van der Waals surface area contributed by atoms with Gasteiger partial charge in [0.05, 0.1) is 7.11 Å². The van der Waals surface area contributed by atoms with E-state index in [0.717, 1.165) is 6.29 Å². The number of ether oxygens (including phenoxy) is 3. The Hall–Kier alpha value is -2.82. The molecule has 1 heterocycles. The Kier molecular flexibility index (Phi) is 3.31. The molecule has 5 heteroatoms. The maximum absolute atomic E-state index is 11.4. The quantitative estimate of drug-likeness (QED) is 0.808. The minimum Gasteiger partial charge on any atom is -0.492 e. The van der Waals surface area contributed by atoms with E-state index < -0.39 is 0 Å². The van der Waals surface area contributed by atoms with Gasteiger partial charge in [-0.3, -0.25) is 9.59 Å². The molecule has 2 aromatic rings. The number of benzene rings is 2. The van der Waals surface area contributed by atoms with Crippen molar-refractivity contribution in [3.8, 4) is 28.4 Å². The van der Waals surface area contributed by atoms with Crippen LogP contribution in [-0.2, 0) is 0 Å². The van der Waals surface area contributed by atoms with Crippen molar-refractivity contribution in [1.82, 2.24) is 0 Å². The van der Waals surface area contributed by atoms with E-state index in [2.05, 4.69) is 0 Å². The Labute approximate surface area is 121 Å². The van der Waals surface area contributed by atoms with Gasteiger partial charge in [-0.1, -0.05) is 24.3 Å². The minimum absolute atomic E-state index is 0.0722. The lowest BCUT2D eigenvalue weighted by molar-refractivity contribution is 0.111. The second-order valence-corrected chi connectivity index (χ2v) is 4.43. The maximum atomic E-state index is 11.4. The summed E-state index contributed by atoms with van der Waals surface area (Å²) in [6.07, 6.45) is 1.45. The normalized spacial score (nSPS) is 12.0. The van der Waals surface area contributed by atoms with E-state index in [0.29, 0.717) is 45.8 Å². The van der Waals surface area contributed by atoms with E-state index in [1.807, 2.05) is 0 Å². The zero-order chi connectivity index (χ0) is 14.8. The molecule has 106 valence electrons. The molecule has 0 saturated carbocycles. The molecule has 1 aliphatic rings. The number of fused-ring (bicyclic) bond motifs is 1. The van der Waals surface area contributed by atoms with Crippen LogP contribution in [0.4, 0.5) is 0 Å². The molecule has 0 aromatic heterocycles. The first-order chi connectivity index (χ1) is 10.3. The monoisotopic (exact) mass is 284 g/mol. The molecule has 0 radical (unpaired) electrons. The van der Waals surface area contributed by atoms with Gasteiger partial charge in [-0.15, -0.1) is 0 Å². The van der Waals surface area contributed by atoms with Crippen LogP contribution in [-0.4, -0.2) is 26.5 Å². The van der Waals surface area contributed by atoms with Crippen LogP contribution in [0.3, 0.4) is 0 Å². The highest BCUT2D eigenvalue weighted by Gasteiger charge is 2.26. The van der Waals surface area contributed by atoms with Crippen molar-refractivity contribution in [2.75, 3.05) is 13.9 Å². The number of carbonyl (C=O) groups excluding carboxylic acids is 2. The fraction of sp³-hybridized carbons (Fsp3) is 0.125. The van der Waals surface area contributed by atoms with Crippen molar-refractivity contribution in [2.45, 2.75) is 0 Å². The molecular weight excluding hydrogens is 272 g/mol. The van der Waals surface area contributed by atoms with Crippen molar-refractivity contribution in [1.29, 1.82) is 0 Å². The lowest BCUT2D eigenvalue weighted by Crippen LogP contribution is -1.98. The molecule has 5 nitrogen and oxygen atoms in total. The SMILES string of the molecule is COc1c2c(cc(C=O)c1-c1ccccc1C=O)OCO2. The van der Waals surface area contributed by atoms with Crippen LogP contribution in [0.2, 0.25) is 0 Å². The molecule has 0 saturated heterocycles. The fourth-order valence-corrected chi connectivity index (χ4v) is 2.42. The van der Waals surface area contributed by atoms with Crippen LogP contribution < -0.4 is 14.2 Å². The molecule has 1 aliphatic heterocycles. The number of aldehydes is 2. The van der Waals surface area contributed by atoms with Crippen molar-refractivity contribution in [2.24, 2.45) is 0 Å². The van der Waals surface area contributed by atoms with E-state index in [9.17, 15) is 9.59 Å². The van der Waals surface area contributed by atoms with Gasteiger partial charge in [0.15, 0.2) is 24.1 Å². The van der Waals surface area contributed by atoms with Crippen LogP contribution in [0, 0.1) is 0 Å². The summed E-state index contributed by atoms with van der Waals surface area (Å²) in [7, 11) is 1.49. The molecular formula is C16H12O5. The second kappa shape index (κ2) is 5.28. The zero-order valence-electron chi connectivity index (χ0n) is 11.3. The molecule has 0 N–H and O–H groups in total. The molecule has 21 heavy (non-hydrogen) atoms. The van der Waals surface area contributed by atoms with Crippen molar-refractivity contribution >= 4 is 12.6 Å². The van der Waals surface area contributed by atoms with E-state index in [1.54, 1.807) is 30.3 Å². The molecule has 0 atom stereocenters. The summed E-state index contributed by atoms with van der Waals surface area (Å²) >= 11 is 0. The van der Waals surface area contributed by atoms with E-state index in [-0.39, 0.29) is 6.79 Å². The van der Waals surface area contributed by atoms with Gasteiger partial charge in [0.25, 0.3) is 0 Å². The number of rotatable bonds is 4. The average Bonchev–Trinajstić information content (AvgIpc) is 3.01. The summed E-state index contributed by atoms with van der Waals surface area (Å²) in [4.78, 5) is 22.7. The second-order valence-electron chi connectivity index (χ2n) is 4.43. The minimum atomic E-state index is 0.0722. The first-order valence-electron chi connectivity index (χ1n) is 6.30. The van der Waals surface area contributed by atoms with E-state index in [4.69, 9.17) is 14.2 Å². The van der Waals surface area contributed by atoms with Gasteiger partial charge >= 0.3 is 0 Å². The van der Waals surface area contributed by atoms with Crippen molar-refractivity contribution < 1.29 is 23.8 Å². The predicted octanol–water partition coefficient (Wildman–Crippen LogP) is 2.72. The van der Waals surface area contributed by atoms with Crippen LogP contribution in [0.1, 0.15) is 20.7 Å². The molecule has 2 aromatic carbocycles. The molecule has 0 amide bonds. The molecule has 0 spiro atoms. The average molecular weight is 284 g/mol. The van der Waals surface area contributed by atoms with Gasteiger partial charge in [0.1, 0.15) is 0 Å². The van der Waals surface area contributed by atoms with Crippen LogP contribution in [0.15, 0.2) is 30.3 Å².